The molecule has 0 radical (unpaired) electrons. The van der Waals surface area contributed by atoms with Gasteiger partial charge >= 0.3 is 0 Å². The van der Waals surface area contributed by atoms with Gasteiger partial charge in [0.25, 0.3) is 0 Å². The molecule has 0 aromatic carbocycles. The van der Waals surface area contributed by atoms with Crippen molar-refractivity contribution >= 4 is 0 Å². The van der Waals surface area contributed by atoms with Crippen molar-refractivity contribution in [3.8, 4) is 0 Å². The summed E-state index contributed by atoms with van der Waals surface area (Å²) in [4.78, 5) is 0. The molecule has 2 rings (SSSR count). The van der Waals surface area contributed by atoms with E-state index in [0.29, 0.717) is 0 Å². The van der Waals surface area contributed by atoms with Crippen LogP contribution in [0.15, 0.2) is 0 Å². The Kier molecular flexibility index (Phi) is 1.27. The fraction of sp³-hybridized carbons (Fsp3) is 1.00. The molecule has 2 heterocycles. The molecule has 0 aromatic rings. The van der Waals surface area contributed by atoms with Gasteiger partial charge in [0.15, 0.2) is 11.3 Å². The van der Waals surface area contributed by atoms with E-state index in [9.17, 15) is 13.3 Å². The molecule has 0 aliphatic carbocycles. The Bertz CT molecular complexity index is 171. The van der Waals surface area contributed by atoms with E-state index in [-0.39, 0.29) is 18.2 Å². The topological polar surface area (TPSA) is 15.3 Å². The van der Waals surface area contributed by atoms with Crippen LogP contribution >= 0.6 is 0 Å². The van der Waals surface area contributed by atoms with Gasteiger partial charge in [-0.2, -0.15) is 0 Å². The first-order chi connectivity index (χ1) is 5.06. The molecule has 0 bridgehead atoms. The molecular weight excluding hydrogens is 157 g/mol. The molecule has 64 valence electrons. The summed E-state index contributed by atoms with van der Waals surface area (Å²) >= 11 is 0. The summed E-state index contributed by atoms with van der Waals surface area (Å²) in [5.41, 5.74) is -4.02. The van der Waals surface area contributed by atoms with Crippen LogP contribution in [0.5, 0.6) is 0 Å². The maximum Gasteiger partial charge on any atom is 0.174 e. The van der Waals surface area contributed by atoms with Crippen LogP contribution in [0.2, 0.25) is 0 Å². The van der Waals surface area contributed by atoms with E-state index in [4.69, 9.17) is 0 Å². The first kappa shape index (κ1) is 7.36. The minimum absolute atomic E-state index is 0.0794. The van der Waals surface area contributed by atoms with Crippen LogP contribution in [-0.4, -0.2) is 42.6 Å². The molecule has 2 aliphatic rings. The van der Waals surface area contributed by atoms with Crippen molar-refractivity contribution in [2.45, 2.75) is 11.3 Å². The van der Waals surface area contributed by atoms with Crippen LogP contribution in [0.4, 0.5) is 13.3 Å². The minimum Gasteiger partial charge on any atom is -0.310 e. The highest BCUT2D eigenvalue weighted by Gasteiger charge is 2.63. The largest absolute Gasteiger partial charge is 0.310 e. The number of hydrogen-bond donors (Lipinski definition) is 1. The number of halogens is 3. The third-order valence-corrected chi connectivity index (χ3v) is 2.46. The Morgan fingerprint density at radius 3 is 2.00 bits per heavy atom. The van der Waals surface area contributed by atoms with Crippen molar-refractivity contribution in [3.05, 3.63) is 0 Å². The molecule has 0 spiro atoms. The summed E-state index contributed by atoms with van der Waals surface area (Å²) in [5.74, 6) is 0. The Morgan fingerprint density at radius 2 is 1.55 bits per heavy atom. The molecule has 2 nitrogen and oxygen atoms in total. The lowest BCUT2D eigenvalue weighted by Gasteiger charge is -2.21. The van der Waals surface area contributed by atoms with E-state index in [0.717, 1.165) is 0 Å². The van der Waals surface area contributed by atoms with Gasteiger partial charge in [-0.1, -0.05) is 0 Å². The fourth-order valence-electron chi connectivity index (χ4n) is 1.77. The molecule has 2 unspecified atom stereocenters. The van der Waals surface area contributed by atoms with Gasteiger partial charge in [0, 0.05) is 13.1 Å². The Labute approximate surface area is 62.3 Å². The second-order valence-electron chi connectivity index (χ2n) is 3.31. The van der Waals surface area contributed by atoms with Gasteiger partial charge in [0.05, 0.1) is 13.1 Å². The summed E-state index contributed by atoms with van der Waals surface area (Å²) in [6.45, 7) is -1.05. The second-order valence-corrected chi connectivity index (χ2v) is 3.31. The van der Waals surface area contributed by atoms with Gasteiger partial charge in [-0.05, 0) is 0 Å². The first-order valence-corrected chi connectivity index (χ1v) is 3.55. The lowest BCUT2D eigenvalue weighted by molar-refractivity contribution is 0.0314. The third-order valence-electron chi connectivity index (χ3n) is 2.46. The molecule has 2 fully saturated rings. The highest BCUT2D eigenvalue weighted by molar-refractivity contribution is 5.15. The maximum absolute atomic E-state index is 13.4. The number of alkyl halides is 2. The Morgan fingerprint density at radius 1 is 1.09 bits per heavy atom. The van der Waals surface area contributed by atoms with Crippen molar-refractivity contribution in [2.75, 3.05) is 26.2 Å². The van der Waals surface area contributed by atoms with Crippen LogP contribution in [0.3, 0.4) is 0 Å². The van der Waals surface area contributed by atoms with Crippen LogP contribution in [0.25, 0.3) is 0 Å². The van der Waals surface area contributed by atoms with E-state index in [1.54, 1.807) is 0 Å². The summed E-state index contributed by atoms with van der Waals surface area (Å²) in [5, 5.41) is 2.79. The number of rotatable bonds is 0. The highest BCUT2D eigenvalue weighted by atomic mass is 19.2. The molecule has 2 aliphatic heterocycles. The predicted molar refractivity (Wildman–Crippen MR) is 33.2 cm³/mol. The average molecular weight is 166 g/mol. The monoisotopic (exact) mass is 166 g/mol. The quantitative estimate of drug-likeness (QED) is 0.517. The van der Waals surface area contributed by atoms with Crippen molar-refractivity contribution in [1.29, 1.82) is 0 Å². The molecule has 2 atom stereocenters. The lowest BCUT2D eigenvalue weighted by atomic mass is 9.94. The van der Waals surface area contributed by atoms with Crippen LogP contribution in [0.1, 0.15) is 0 Å². The maximum atomic E-state index is 13.4. The van der Waals surface area contributed by atoms with Gasteiger partial charge in [0.1, 0.15) is 0 Å². The average Bonchev–Trinajstić information content (AvgIpc) is 2.16. The van der Waals surface area contributed by atoms with Crippen molar-refractivity contribution in [1.82, 2.24) is 10.4 Å². The van der Waals surface area contributed by atoms with Gasteiger partial charge in [-0.3, -0.25) is 0 Å². The summed E-state index contributed by atoms with van der Waals surface area (Å²) in [6.07, 6.45) is 0. The van der Waals surface area contributed by atoms with E-state index in [2.05, 4.69) is 5.32 Å². The van der Waals surface area contributed by atoms with Crippen LogP contribution < -0.4 is 5.32 Å². The zero-order chi connectivity index (χ0) is 8.11. The molecule has 0 saturated carbocycles. The summed E-state index contributed by atoms with van der Waals surface area (Å²) in [6, 6.07) is 0. The van der Waals surface area contributed by atoms with Crippen molar-refractivity contribution in [3.63, 3.8) is 0 Å². The molecule has 2 saturated heterocycles. The summed E-state index contributed by atoms with van der Waals surface area (Å²) in [7, 11) is 0. The standard InChI is InChI=1S/C6H9F3N2/c7-5-1-10-2-6(5,8)4-11(9)3-5/h10H,1-4H2. The van der Waals surface area contributed by atoms with Gasteiger partial charge < -0.3 is 5.32 Å². The molecular formula is C6H9F3N2. The molecule has 0 amide bonds. The molecule has 1 N–H and O–H groups in total. The van der Waals surface area contributed by atoms with E-state index >= 15 is 0 Å². The normalized spacial score (nSPS) is 51.5. The smallest absolute Gasteiger partial charge is 0.174 e. The fourth-order valence-corrected chi connectivity index (χ4v) is 1.77. The highest BCUT2D eigenvalue weighted by Crippen LogP contribution is 2.41. The lowest BCUT2D eigenvalue weighted by Crippen LogP contribution is -2.44. The van der Waals surface area contributed by atoms with E-state index in [1.807, 2.05) is 0 Å². The van der Waals surface area contributed by atoms with Gasteiger partial charge in [0.2, 0.25) is 0 Å². The molecule has 5 heteroatoms. The summed E-state index contributed by atoms with van der Waals surface area (Å²) < 4.78 is 39.3. The Hall–Kier alpha value is -0.290. The second kappa shape index (κ2) is 1.90. The SMILES string of the molecule is FN1CC2(F)CNCC2(F)C1. The number of hydrogen-bond acceptors (Lipinski definition) is 2. The molecule has 11 heavy (non-hydrogen) atoms. The van der Waals surface area contributed by atoms with Crippen molar-refractivity contribution < 1.29 is 13.3 Å². The molecule has 0 aromatic heterocycles. The van der Waals surface area contributed by atoms with E-state index in [1.165, 1.54) is 0 Å². The van der Waals surface area contributed by atoms with Gasteiger partial charge in [-0.15, -0.1) is 9.60 Å². The minimum atomic E-state index is -2.01. The predicted octanol–water partition coefficient (Wildman–Crippen LogP) is 0.206. The van der Waals surface area contributed by atoms with Gasteiger partial charge in [-0.25, -0.2) is 8.78 Å². The number of fused-ring (bicyclic) bond motifs is 1. The van der Waals surface area contributed by atoms with E-state index < -0.39 is 24.4 Å². The van der Waals surface area contributed by atoms with Crippen molar-refractivity contribution in [2.24, 2.45) is 0 Å². The number of nitrogens with zero attached hydrogens (tertiary/aromatic N) is 1. The van der Waals surface area contributed by atoms with Crippen LogP contribution in [0, 0.1) is 0 Å². The first-order valence-electron chi connectivity index (χ1n) is 3.55. The Balaban J connectivity index is 2.28. The number of nitrogens with one attached hydrogen (secondary N) is 1. The zero-order valence-corrected chi connectivity index (χ0v) is 5.91. The van der Waals surface area contributed by atoms with Crippen LogP contribution in [-0.2, 0) is 0 Å². The third kappa shape index (κ3) is 0.809. The zero-order valence-electron chi connectivity index (χ0n) is 5.91.